The van der Waals surface area contributed by atoms with Gasteiger partial charge in [0, 0.05) is 0 Å². The van der Waals surface area contributed by atoms with Crippen LogP contribution in [0.3, 0.4) is 0 Å². The standard InChI is InChI=1S/C15H32O3/c1-13(2)17-10-8-16-9-11-18-15(6,7)12-14(3,4)5/h13H,8-12H2,1-7H3. The third kappa shape index (κ3) is 12.3. The zero-order valence-electron chi connectivity index (χ0n) is 13.3. The average molecular weight is 260 g/mol. The van der Waals surface area contributed by atoms with Gasteiger partial charge in [-0.15, -0.1) is 0 Å². The van der Waals surface area contributed by atoms with E-state index in [4.69, 9.17) is 14.2 Å². The summed E-state index contributed by atoms with van der Waals surface area (Å²) in [6.45, 7) is 17.6. The summed E-state index contributed by atoms with van der Waals surface area (Å²) >= 11 is 0. The number of hydrogen-bond acceptors (Lipinski definition) is 3. The molecule has 0 amide bonds. The van der Waals surface area contributed by atoms with Crippen molar-refractivity contribution >= 4 is 0 Å². The van der Waals surface area contributed by atoms with Gasteiger partial charge in [0.05, 0.1) is 38.1 Å². The Morgan fingerprint density at radius 3 is 1.89 bits per heavy atom. The molecular formula is C15H32O3. The van der Waals surface area contributed by atoms with Crippen molar-refractivity contribution in [2.24, 2.45) is 5.41 Å². The maximum Gasteiger partial charge on any atom is 0.0707 e. The SMILES string of the molecule is CC(C)OCCOCCOC(C)(C)CC(C)(C)C. The molecule has 0 heterocycles. The van der Waals surface area contributed by atoms with Crippen LogP contribution in [0.2, 0.25) is 0 Å². The van der Waals surface area contributed by atoms with Crippen molar-refractivity contribution in [1.29, 1.82) is 0 Å². The van der Waals surface area contributed by atoms with E-state index in [-0.39, 0.29) is 17.1 Å². The maximum atomic E-state index is 5.87. The molecule has 0 bridgehead atoms. The summed E-state index contributed by atoms with van der Waals surface area (Å²) in [5, 5.41) is 0. The van der Waals surface area contributed by atoms with Gasteiger partial charge in [0.1, 0.15) is 0 Å². The molecule has 0 aliphatic carbocycles. The van der Waals surface area contributed by atoms with E-state index in [1.807, 2.05) is 13.8 Å². The average Bonchev–Trinajstić information content (AvgIpc) is 2.11. The van der Waals surface area contributed by atoms with Gasteiger partial charge in [-0.3, -0.25) is 0 Å². The van der Waals surface area contributed by atoms with Crippen molar-refractivity contribution in [3.8, 4) is 0 Å². The lowest BCUT2D eigenvalue weighted by atomic mass is 9.84. The van der Waals surface area contributed by atoms with Gasteiger partial charge in [0.2, 0.25) is 0 Å². The summed E-state index contributed by atoms with van der Waals surface area (Å²) in [6, 6.07) is 0. The Hall–Kier alpha value is -0.120. The second-order valence-electron chi connectivity index (χ2n) is 6.88. The van der Waals surface area contributed by atoms with Crippen molar-refractivity contribution in [2.45, 2.75) is 66.6 Å². The highest BCUT2D eigenvalue weighted by atomic mass is 16.6. The minimum atomic E-state index is -0.0873. The van der Waals surface area contributed by atoms with Crippen LogP contribution in [0.5, 0.6) is 0 Å². The molecular weight excluding hydrogens is 228 g/mol. The number of hydrogen-bond donors (Lipinski definition) is 0. The third-order valence-corrected chi connectivity index (χ3v) is 2.36. The molecule has 0 atom stereocenters. The van der Waals surface area contributed by atoms with E-state index in [0.717, 1.165) is 6.42 Å². The van der Waals surface area contributed by atoms with Crippen LogP contribution in [-0.2, 0) is 14.2 Å². The summed E-state index contributed by atoms with van der Waals surface area (Å²) in [6.07, 6.45) is 1.31. The Morgan fingerprint density at radius 2 is 1.39 bits per heavy atom. The van der Waals surface area contributed by atoms with Crippen LogP contribution in [0.4, 0.5) is 0 Å². The third-order valence-electron chi connectivity index (χ3n) is 2.36. The lowest BCUT2D eigenvalue weighted by molar-refractivity contribution is -0.0708. The highest BCUT2D eigenvalue weighted by molar-refractivity contribution is 4.76. The van der Waals surface area contributed by atoms with E-state index >= 15 is 0 Å². The number of rotatable bonds is 9. The van der Waals surface area contributed by atoms with Crippen molar-refractivity contribution in [3.63, 3.8) is 0 Å². The van der Waals surface area contributed by atoms with Crippen LogP contribution in [0.25, 0.3) is 0 Å². The minimum absolute atomic E-state index is 0.0873. The Labute approximate surface area is 113 Å². The molecule has 0 rings (SSSR count). The van der Waals surface area contributed by atoms with Crippen LogP contribution < -0.4 is 0 Å². The molecule has 0 unspecified atom stereocenters. The van der Waals surface area contributed by atoms with E-state index in [9.17, 15) is 0 Å². The van der Waals surface area contributed by atoms with Crippen LogP contribution in [0, 0.1) is 5.41 Å². The monoisotopic (exact) mass is 260 g/mol. The lowest BCUT2D eigenvalue weighted by Gasteiger charge is -2.32. The molecule has 0 radical (unpaired) electrons. The molecule has 0 aliphatic rings. The van der Waals surface area contributed by atoms with Gasteiger partial charge in [0.15, 0.2) is 0 Å². The van der Waals surface area contributed by atoms with Crippen LogP contribution in [0.15, 0.2) is 0 Å². The molecule has 18 heavy (non-hydrogen) atoms. The summed E-state index contributed by atoms with van der Waals surface area (Å²) in [5.74, 6) is 0. The van der Waals surface area contributed by atoms with Gasteiger partial charge in [-0.05, 0) is 39.5 Å². The Morgan fingerprint density at radius 1 is 0.833 bits per heavy atom. The van der Waals surface area contributed by atoms with Crippen molar-refractivity contribution in [2.75, 3.05) is 26.4 Å². The van der Waals surface area contributed by atoms with Gasteiger partial charge in [0.25, 0.3) is 0 Å². The zero-order chi connectivity index (χ0) is 14.2. The number of ether oxygens (including phenoxy) is 3. The van der Waals surface area contributed by atoms with E-state index < -0.39 is 0 Å². The first kappa shape index (κ1) is 17.9. The first-order valence-corrected chi connectivity index (χ1v) is 6.96. The molecule has 0 aromatic rings. The fraction of sp³-hybridized carbons (Fsp3) is 1.00. The summed E-state index contributed by atoms with van der Waals surface area (Å²) < 4.78 is 16.7. The fourth-order valence-electron chi connectivity index (χ4n) is 2.15. The van der Waals surface area contributed by atoms with E-state index in [1.54, 1.807) is 0 Å². The molecule has 0 aromatic carbocycles. The first-order valence-electron chi connectivity index (χ1n) is 6.96. The first-order chi connectivity index (χ1) is 8.12. The summed E-state index contributed by atoms with van der Waals surface area (Å²) in [4.78, 5) is 0. The molecule has 0 N–H and O–H groups in total. The van der Waals surface area contributed by atoms with E-state index in [1.165, 1.54) is 0 Å². The fourth-order valence-corrected chi connectivity index (χ4v) is 2.15. The maximum absolute atomic E-state index is 5.87. The van der Waals surface area contributed by atoms with E-state index in [0.29, 0.717) is 26.4 Å². The second-order valence-corrected chi connectivity index (χ2v) is 6.88. The molecule has 0 aromatic heterocycles. The summed E-state index contributed by atoms with van der Waals surface area (Å²) in [7, 11) is 0. The zero-order valence-corrected chi connectivity index (χ0v) is 13.3. The summed E-state index contributed by atoms with van der Waals surface area (Å²) in [5.41, 5.74) is 0.200. The van der Waals surface area contributed by atoms with E-state index in [2.05, 4.69) is 34.6 Å². The Kier molecular flexibility index (Phi) is 8.08. The van der Waals surface area contributed by atoms with Crippen molar-refractivity contribution in [1.82, 2.24) is 0 Å². The van der Waals surface area contributed by atoms with Crippen LogP contribution in [-0.4, -0.2) is 38.1 Å². The molecule has 0 saturated carbocycles. The quantitative estimate of drug-likeness (QED) is 0.592. The predicted octanol–water partition coefficient (Wildman–Crippen LogP) is 3.66. The largest absolute Gasteiger partial charge is 0.377 e. The van der Waals surface area contributed by atoms with Gasteiger partial charge in [-0.1, -0.05) is 20.8 Å². The lowest BCUT2D eigenvalue weighted by Crippen LogP contribution is -2.31. The highest BCUT2D eigenvalue weighted by Crippen LogP contribution is 2.29. The molecule has 110 valence electrons. The molecule has 0 spiro atoms. The normalized spacial score (nSPS) is 13.3. The van der Waals surface area contributed by atoms with Crippen molar-refractivity contribution < 1.29 is 14.2 Å². The van der Waals surface area contributed by atoms with Gasteiger partial charge in [-0.25, -0.2) is 0 Å². The Balaban J connectivity index is 3.53. The van der Waals surface area contributed by atoms with Crippen LogP contribution >= 0.6 is 0 Å². The molecule has 0 aliphatic heterocycles. The smallest absolute Gasteiger partial charge is 0.0707 e. The van der Waals surface area contributed by atoms with Gasteiger partial charge < -0.3 is 14.2 Å². The van der Waals surface area contributed by atoms with Crippen molar-refractivity contribution in [3.05, 3.63) is 0 Å². The molecule has 3 nitrogen and oxygen atoms in total. The minimum Gasteiger partial charge on any atom is -0.377 e. The molecule has 0 saturated heterocycles. The van der Waals surface area contributed by atoms with Gasteiger partial charge >= 0.3 is 0 Å². The molecule has 0 fully saturated rings. The predicted molar refractivity (Wildman–Crippen MR) is 76.0 cm³/mol. The highest BCUT2D eigenvalue weighted by Gasteiger charge is 2.25. The molecule has 3 heteroatoms. The van der Waals surface area contributed by atoms with Crippen LogP contribution in [0.1, 0.15) is 54.9 Å². The topological polar surface area (TPSA) is 27.7 Å². The second kappa shape index (κ2) is 8.13. The Bertz CT molecular complexity index is 204. The van der Waals surface area contributed by atoms with Gasteiger partial charge in [-0.2, -0.15) is 0 Å².